The second kappa shape index (κ2) is 9.38. The molecule has 3 N–H and O–H groups in total. The van der Waals surface area contributed by atoms with Crippen LogP contribution in [0.4, 0.5) is 0 Å². The van der Waals surface area contributed by atoms with Crippen molar-refractivity contribution in [3.63, 3.8) is 0 Å². The fourth-order valence-corrected chi connectivity index (χ4v) is 2.10. The van der Waals surface area contributed by atoms with E-state index in [1.54, 1.807) is 18.4 Å². The van der Waals surface area contributed by atoms with Gasteiger partial charge in [0.2, 0.25) is 5.91 Å². The maximum Gasteiger partial charge on any atom is 0.221 e. The molecule has 1 heterocycles. The molecule has 0 aromatic carbocycles. The largest absolute Gasteiger partial charge is 0.356 e. The van der Waals surface area contributed by atoms with Crippen molar-refractivity contribution in [2.45, 2.75) is 26.3 Å². The smallest absolute Gasteiger partial charge is 0.221 e. The number of hydrogen-bond donors (Lipinski definition) is 3. The summed E-state index contributed by atoms with van der Waals surface area (Å²) in [4.78, 5) is 16.8. The molecule has 0 saturated heterocycles. The van der Waals surface area contributed by atoms with E-state index in [1.165, 1.54) is 4.88 Å². The number of carbonyl (C=O) groups excluding carboxylic acids is 1. The molecular formula is C13H22N4OS. The van der Waals surface area contributed by atoms with Crippen LogP contribution in [0.15, 0.2) is 22.5 Å². The van der Waals surface area contributed by atoms with Crippen LogP contribution in [0.1, 0.15) is 24.6 Å². The van der Waals surface area contributed by atoms with Gasteiger partial charge in [0.25, 0.3) is 0 Å². The zero-order valence-electron chi connectivity index (χ0n) is 11.5. The quantitative estimate of drug-likeness (QED) is 0.522. The fourth-order valence-electron chi connectivity index (χ4n) is 1.45. The lowest BCUT2D eigenvalue weighted by atomic mass is 10.4. The molecular weight excluding hydrogens is 260 g/mol. The number of hydrogen-bond acceptors (Lipinski definition) is 3. The van der Waals surface area contributed by atoms with Crippen molar-refractivity contribution in [2.75, 3.05) is 20.1 Å². The maximum atomic E-state index is 11.4. The molecule has 0 aliphatic carbocycles. The van der Waals surface area contributed by atoms with E-state index in [4.69, 9.17) is 0 Å². The molecule has 0 spiro atoms. The van der Waals surface area contributed by atoms with Gasteiger partial charge in [-0.1, -0.05) is 13.0 Å². The fraction of sp³-hybridized carbons (Fsp3) is 0.538. The van der Waals surface area contributed by atoms with Crippen molar-refractivity contribution in [3.8, 4) is 0 Å². The van der Waals surface area contributed by atoms with Gasteiger partial charge in [0.15, 0.2) is 5.96 Å². The molecule has 0 radical (unpaired) electrons. The highest BCUT2D eigenvalue weighted by Gasteiger charge is 2.02. The highest BCUT2D eigenvalue weighted by molar-refractivity contribution is 7.09. The third-order valence-corrected chi connectivity index (χ3v) is 3.33. The van der Waals surface area contributed by atoms with Crippen molar-refractivity contribution < 1.29 is 4.79 Å². The highest BCUT2D eigenvalue weighted by Crippen LogP contribution is 2.06. The van der Waals surface area contributed by atoms with Gasteiger partial charge in [-0.05, 0) is 17.9 Å². The van der Waals surface area contributed by atoms with Crippen LogP contribution < -0.4 is 16.0 Å². The van der Waals surface area contributed by atoms with Crippen LogP contribution in [0.25, 0.3) is 0 Å². The van der Waals surface area contributed by atoms with Crippen molar-refractivity contribution in [2.24, 2.45) is 4.99 Å². The summed E-state index contributed by atoms with van der Waals surface area (Å²) in [6, 6.07) is 4.10. The normalized spacial score (nSPS) is 11.2. The molecule has 0 aliphatic rings. The molecule has 1 amide bonds. The first-order chi connectivity index (χ1) is 9.26. The minimum absolute atomic E-state index is 0.0723. The molecule has 0 bridgehead atoms. The average molecular weight is 282 g/mol. The van der Waals surface area contributed by atoms with Gasteiger partial charge >= 0.3 is 0 Å². The molecule has 1 aromatic heterocycles. The van der Waals surface area contributed by atoms with E-state index in [2.05, 4.69) is 27.0 Å². The summed E-state index contributed by atoms with van der Waals surface area (Å²) in [5, 5.41) is 11.2. The van der Waals surface area contributed by atoms with E-state index in [0.29, 0.717) is 13.0 Å². The van der Waals surface area contributed by atoms with Crippen LogP contribution in [-0.4, -0.2) is 32.0 Å². The number of guanidine groups is 1. The monoisotopic (exact) mass is 282 g/mol. The van der Waals surface area contributed by atoms with E-state index < -0.39 is 0 Å². The molecule has 0 aliphatic heterocycles. The molecule has 1 aromatic rings. The van der Waals surface area contributed by atoms with Gasteiger partial charge in [-0.2, -0.15) is 0 Å². The predicted molar refractivity (Wildman–Crippen MR) is 80.4 cm³/mol. The number of nitrogens with one attached hydrogen (secondary N) is 3. The number of aliphatic imine (C=N–C) groups is 1. The highest BCUT2D eigenvalue weighted by atomic mass is 32.1. The van der Waals surface area contributed by atoms with Crippen molar-refractivity contribution in [1.82, 2.24) is 16.0 Å². The van der Waals surface area contributed by atoms with E-state index in [-0.39, 0.29) is 5.91 Å². The van der Waals surface area contributed by atoms with Crippen LogP contribution in [0.3, 0.4) is 0 Å². The summed E-state index contributed by atoms with van der Waals surface area (Å²) in [6.45, 7) is 4.11. The lowest BCUT2D eigenvalue weighted by Gasteiger charge is -2.11. The van der Waals surface area contributed by atoms with Crippen molar-refractivity contribution in [3.05, 3.63) is 22.4 Å². The van der Waals surface area contributed by atoms with Crippen LogP contribution in [-0.2, 0) is 11.3 Å². The van der Waals surface area contributed by atoms with E-state index >= 15 is 0 Å². The molecule has 0 saturated carbocycles. The first kappa shape index (κ1) is 15.5. The number of amides is 1. The Labute approximate surface area is 118 Å². The number of thiophene rings is 1. The summed E-state index contributed by atoms with van der Waals surface area (Å²) in [6.07, 6.45) is 1.42. The number of carbonyl (C=O) groups is 1. The topological polar surface area (TPSA) is 65.5 Å². The second-order valence-corrected chi connectivity index (χ2v) is 5.06. The third-order valence-electron chi connectivity index (χ3n) is 2.45. The molecule has 0 atom stereocenters. The first-order valence-corrected chi connectivity index (χ1v) is 7.37. The lowest BCUT2D eigenvalue weighted by molar-refractivity contribution is -0.120. The third kappa shape index (κ3) is 6.81. The lowest BCUT2D eigenvalue weighted by Crippen LogP contribution is -2.38. The van der Waals surface area contributed by atoms with Gasteiger partial charge in [-0.3, -0.25) is 9.79 Å². The summed E-state index contributed by atoms with van der Waals surface area (Å²) >= 11 is 1.70. The Bertz CT molecular complexity index is 389. The Balaban J connectivity index is 2.17. The molecule has 0 unspecified atom stereocenters. The van der Waals surface area contributed by atoms with Crippen LogP contribution >= 0.6 is 11.3 Å². The molecule has 0 fully saturated rings. The number of nitrogens with zero attached hydrogens (tertiary/aromatic N) is 1. The predicted octanol–water partition coefficient (Wildman–Crippen LogP) is 1.33. The van der Waals surface area contributed by atoms with E-state index in [0.717, 1.165) is 25.5 Å². The summed E-state index contributed by atoms with van der Waals surface area (Å²) in [7, 11) is 1.72. The minimum Gasteiger partial charge on any atom is -0.356 e. The number of rotatable bonds is 7. The van der Waals surface area contributed by atoms with Crippen LogP contribution in [0.5, 0.6) is 0 Å². The van der Waals surface area contributed by atoms with Crippen LogP contribution in [0, 0.1) is 0 Å². The van der Waals surface area contributed by atoms with Crippen molar-refractivity contribution >= 4 is 23.2 Å². The summed E-state index contributed by atoms with van der Waals surface area (Å²) in [5.74, 6) is 0.791. The van der Waals surface area contributed by atoms with E-state index in [9.17, 15) is 4.79 Å². The second-order valence-electron chi connectivity index (χ2n) is 4.03. The minimum atomic E-state index is 0.0723. The Hall–Kier alpha value is -1.56. The molecule has 5 nitrogen and oxygen atoms in total. The molecule has 19 heavy (non-hydrogen) atoms. The van der Waals surface area contributed by atoms with E-state index in [1.807, 2.05) is 18.4 Å². The SMILES string of the molecule is CCCNC(=O)CCNC(=NC)NCc1cccs1. The molecule has 6 heteroatoms. The van der Waals surface area contributed by atoms with Gasteiger partial charge in [0.05, 0.1) is 6.54 Å². The van der Waals surface area contributed by atoms with Crippen molar-refractivity contribution in [1.29, 1.82) is 0 Å². The van der Waals surface area contributed by atoms with Gasteiger partial charge < -0.3 is 16.0 Å². The maximum absolute atomic E-state index is 11.4. The first-order valence-electron chi connectivity index (χ1n) is 6.49. The Morgan fingerprint density at radius 2 is 2.16 bits per heavy atom. The summed E-state index contributed by atoms with van der Waals surface area (Å²) in [5.41, 5.74) is 0. The van der Waals surface area contributed by atoms with Gasteiger partial charge in [0.1, 0.15) is 0 Å². The van der Waals surface area contributed by atoms with Gasteiger partial charge in [-0.25, -0.2) is 0 Å². The Kier molecular flexibility index (Phi) is 7.65. The standard InChI is InChI=1S/C13H22N4OS/c1-3-7-15-12(18)6-8-16-13(14-2)17-10-11-5-4-9-19-11/h4-5,9H,3,6-8,10H2,1-2H3,(H,15,18)(H2,14,16,17). The molecule has 1 rings (SSSR count). The Morgan fingerprint density at radius 3 is 2.79 bits per heavy atom. The summed E-state index contributed by atoms with van der Waals surface area (Å²) < 4.78 is 0. The average Bonchev–Trinajstić information content (AvgIpc) is 2.93. The van der Waals surface area contributed by atoms with Gasteiger partial charge in [0, 0.05) is 31.4 Å². The van der Waals surface area contributed by atoms with Crippen LogP contribution in [0.2, 0.25) is 0 Å². The zero-order chi connectivity index (χ0) is 13.9. The molecule has 106 valence electrons. The zero-order valence-corrected chi connectivity index (χ0v) is 12.3. The van der Waals surface area contributed by atoms with Gasteiger partial charge in [-0.15, -0.1) is 11.3 Å². The Morgan fingerprint density at radius 1 is 1.32 bits per heavy atom.